The Kier molecular flexibility index (Phi) is 4.50. The van der Waals surface area contributed by atoms with E-state index in [4.69, 9.17) is 0 Å². The second kappa shape index (κ2) is 6.47. The molecule has 3 rings (SSSR count). The van der Waals surface area contributed by atoms with Gasteiger partial charge in [0, 0.05) is 12.2 Å². The zero-order chi connectivity index (χ0) is 18.2. The number of aromatic nitrogens is 5. The van der Waals surface area contributed by atoms with Crippen LogP contribution in [0.1, 0.15) is 17.0 Å². The number of halogens is 5. The minimum absolute atomic E-state index is 0.0580. The topological polar surface area (TPSA) is 71.4 Å². The van der Waals surface area contributed by atoms with E-state index in [0.29, 0.717) is 16.2 Å². The third-order valence-corrected chi connectivity index (χ3v) is 3.68. The van der Waals surface area contributed by atoms with E-state index in [-0.39, 0.29) is 17.9 Å². The third kappa shape index (κ3) is 3.81. The quantitative estimate of drug-likeness (QED) is 0.631. The molecule has 0 atom stereocenters. The second-order valence-electron chi connectivity index (χ2n) is 5.17. The van der Waals surface area contributed by atoms with Crippen LogP contribution >= 0.6 is 15.9 Å². The van der Waals surface area contributed by atoms with Crippen molar-refractivity contribution in [2.75, 3.05) is 5.32 Å². The lowest BCUT2D eigenvalue weighted by molar-refractivity contribution is -0.141. The molecule has 0 saturated heterocycles. The van der Waals surface area contributed by atoms with Gasteiger partial charge in [-0.25, -0.2) is 9.07 Å². The van der Waals surface area contributed by atoms with Crippen molar-refractivity contribution in [1.29, 1.82) is 0 Å². The fraction of sp³-hybridized carbons (Fsp3) is 0.214. The summed E-state index contributed by atoms with van der Waals surface area (Å²) in [6.45, 7) is 1.67. The molecule has 2 aromatic heterocycles. The van der Waals surface area contributed by atoms with Crippen LogP contribution < -0.4 is 5.32 Å². The number of nitrogens with zero attached hydrogens (tertiary/aromatic N) is 4. The summed E-state index contributed by atoms with van der Waals surface area (Å²) < 4.78 is 53.9. The van der Waals surface area contributed by atoms with Crippen molar-refractivity contribution in [3.05, 3.63) is 51.8 Å². The summed E-state index contributed by atoms with van der Waals surface area (Å²) in [6.07, 6.45) is -4.58. The van der Waals surface area contributed by atoms with Gasteiger partial charge < -0.3 is 5.32 Å². The number of nitrogens with one attached hydrogen (secondary N) is 2. The van der Waals surface area contributed by atoms with Gasteiger partial charge in [-0.2, -0.15) is 23.3 Å². The van der Waals surface area contributed by atoms with Crippen LogP contribution in [0, 0.1) is 12.7 Å². The molecule has 0 aliphatic rings. The molecule has 3 aromatic rings. The molecule has 0 aliphatic carbocycles. The summed E-state index contributed by atoms with van der Waals surface area (Å²) >= 11 is 3.11. The minimum atomic E-state index is -4.58. The average Bonchev–Trinajstić information content (AvgIpc) is 3.11. The van der Waals surface area contributed by atoms with E-state index in [2.05, 4.69) is 41.5 Å². The predicted molar refractivity (Wildman–Crippen MR) is 84.7 cm³/mol. The van der Waals surface area contributed by atoms with Crippen molar-refractivity contribution in [1.82, 2.24) is 25.0 Å². The number of H-pyrrole nitrogens is 1. The van der Waals surface area contributed by atoms with Crippen LogP contribution in [0.2, 0.25) is 0 Å². The summed E-state index contributed by atoms with van der Waals surface area (Å²) in [6, 6.07) is 5.05. The SMILES string of the molecule is Cc1cc(C(F)(F)F)nn1-c1ccc(CNc2n[nH]c(Br)n2)cc1F. The zero-order valence-electron chi connectivity index (χ0n) is 12.7. The number of anilines is 1. The van der Waals surface area contributed by atoms with Crippen LogP contribution in [0.25, 0.3) is 5.69 Å². The molecule has 25 heavy (non-hydrogen) atoms. The Labute approximate surface area is 147 Å². The highest BCUT2D eigenvalue weighted by Crippen LogP contribution is 2.29. The number of benzene rings is 1. The molecule has 2 heterocycles. The van der Waals surface area contributed by atoms with Gasteiger partial charge in [-0.3, -0.25) is 5.10 Å². The van der Waals surface area contributed by atoms with Crippen molar-refractivity contribution >= 4 is 21.9 Å². The Morgan fingerprint density at radius 1 is 1.28 bits per heavy atom. The summed E-state index contributed by atoms with van der Waals surface area (Å²) in [5.41, 5.74) is -0.367. The first-order chi connectivity index (χ1) is 11.7. The largest absolute Gasteiger partial charge is 0.435 e. The molecule has 11 heteroatoms. The lowest BCUT2D eigenvalue weighted by Gasteiger charge is -2.09. The van der Waals surface area contributed by atoms with Crippen LogP contribution in [0.15, 0.2) is 29.0 Å². The number of alkyl halides is 3. The van der Waals surface area contributed by atoms with Gasteiger partial charge in [-0.05, 0) is 46.6 Å². The van der Waals surface area contributed by atoms with Crippen LogP contribution in [0.3, 0.4) is 0 Å². The lowest BCUT2D eigenvalue weighted by atomic mass is 10.2. The molecule has 0 radical (unpaired) electrons. The smallest absolute Gasteiger partial charge is 0.349 e. The molecule has 0 unspecified atom stereocenters. The number of hydrogen-bond donors (Lipinski definition) is 2. The van der Waals surface area contributed by atoms with Crippen LogP contribution in [-0.2, 0) is 12.7 Å². The van der Waals surface area contributed by atoms with Crippen molar-refractivity contribution < 1.29 is 17.6 Å². The third-order valence-electron chi connectivity index (χ3n) is 3.33. The highest BCUT2D eigenvalue weighted by molar-refractivity contribution is 9.10. The number of rotatable bonds is 4. The van der Waals surface area contributed by atoms with Gasteiger partial charge in [0.05, 0.1) is 0 Å². The maximum Gasteiger partial charge on any atom is 0.435 e. The van der Waals surface area contributed by atoms with Crippen molar-refractivity contribution in [2.45, 2.75) is 19.6 Å². The minimum Gasteiger partial charge on any atom is -0.349 e. The van der Waals surface area contributed by atoms with E-state index >= 15 is 0 Å². The highest BCUT2D eigenvalue weighted by Gasteiger charge is 2.34. The van der Waals surface area contributed by atoms with Crippen molar-refractivity contribution in [3.63, 3.8) is 0 Å². The van der Waals surface area contributed by atoms with Gasteiger partial charge in [0.1, 0.15) is 11.5 Å². The summed E-state index contributed by atoms with van der Waals surface area (Å²) in [5, 5.41) is 12.8. The first kappa shape index (κ1) is 17.4. The number of aryl methyl sites for hydroxylation is 1. The highest BCUT2D eigenvalue weighted by atomic mass is 79.9. The Balaban J connectivity index is 1.81. The molecule has 6 nitrogen and oxygen atoms in total. The van der Waals surface area contributed by atoms with E-state index < -0.39 is 17.7 Å². The van der Waals surface area contributed by atoms with Crippen molar-refractivity contribution in [2.24, 2.45) is 0 Å². The molecule has 0 aliphatic heterocycles. The second-order valence-corrected chi connectivity index (χ2v) is 5.92. The summed E-state index contributed by atoms with van der Waals surface area (Å²) in [7, 11) is 0. The van der Waals surface area contributed by atoms with E-state index in [1.54, 1.807) is 6.07 Å². The van der Waals surface area contributed by atoms with Gasteiger partial charge >= 0.3 is 6.18 Å². The van der Waals surface area contributed by atoms with Crippen LogP contribution in [0.4, 0.5) is 23.5 Å². The Hall–Kier alpha value is -2.43. The molecule has 2 N–H and O–H groups in total. The van der Waals surface area contributed by atoms with Gasteiger partial charge in [0.15, 0.2) is 10.4 Å². The Bertz CT molecular complexity index is 901. The average molecular weight is 419 g/mol. The molecule has 0 saturated carbocycles. The molecule has 0 bridgehead atoms. The van der Waals surface area contributed by atoms with Crippen LogP contribution in [-0.4, -0.2) is 25.0 Å². The van der Waals surface area contributed by atoms with E-state index in [1.807, 2.05) is 0 Å². The molecular formula is C14H11BrF4N6. The summed E-state index contributed by atoms with van der Waals surface area (Å²) in [4.78, 5) is 3.98. The molecule has 0 amide bonds. The molecule has 0 spiro atoms. The fourth-order valence-electron chi connectivity index (χ4n) is 2.19. The standard InChI is InChI=1S/C14H11BrF4N6/c1-7-4-11(14(17,18)19)24-25(7)10-3-2-8(5-9(10)16)6-20-13-21-12(15)22-23-13/h2-5H,6H2,1H3,(H2,20,21,22,23). The van der Waals surface area contributed by atoms with Crippen LogP contribution in [0.5, 0.6) is 0 Å². The first-order valence-electron chi connectivity index (χ1n) is 6.98. The maximum absolute atomic E-state index is 14.3. The van der Waals surface area contributed by atoms with E-state index in [9.17, 15) is 17.6 Å². The van der Waals surface area contributed by atoms with Crippen molar-refractivity contribution in [3.8, 4) is 5.69 Å². The van der Waals surface area contributed by atoms with E-state index in [1.165, 1.54) is 19.1 Å². The Morgan fingerprint density at radius 2 is 2.04 bits per heavy atom. The molecule has 0 fully saturated rings. The molecule has 1 aromatic carbocycles. The van der Waals surface area contributed by atoms with Gasteiger partial charge in [-0.1, -0.05) is 6.07 Å². The van der Waals surface area contributed by atoms with Gasteiger partial charge in [0.25, 0.3) is 0 Å². The Morgan fingerprint density at radius 3 is 2.60 bits per heavy atom. The zero-order valence-corrected chi connectivity index (χ0v) is 14.3. The fourth-order valence-corrected chi connectivity index (χ4v) is 2.45. The number of hydrogen-bond acceptors (Lipinski definition) is 4. The predicted octanol–water partition coefficient (Wildman–Crippen LogP) is 3.83. The van der Waals surface area contributed by atoms with Gasteiger partial charge in [-0.15, -0.1) is 5.10 Å². The van der Waals surface area contributed by atoms with E-state index in [0.717, 1.165) is 10.7 Å². The molecular weight excluding hydrogens is 408 g/mol. The van der Waals surface area contributed by atoms with Gasteiger partial charge in [0.2, 0.25) is 5.95 Å². The lowest BCUT2D eigenvalue weighted by Crippen LogP contribution is -2.09. The summed E-state index contributed by atoms with van der Waals surface area (Å²) in [5.74, 6) is -0.357. The monoisotopic (exact) mass is 418 g/mol. The normalized spacial score (nSPS) is 11.8. The number of aromatic amines is 1. The maximum atomic E-state index is 14.3. The molecule has 132 valence electrons. The first-order valence-corrected chi connectivity index (χ1v) is 7.78.